The Labute approximate surface area is 207 Å². The maximum atomic E-state index is 11.9. The Morgan fingerprint density at radius 1 is 1.14 bits per heavy atom. The zero-order chi connectivity index (χ0) is 24.0. The van der Waals surface area contributed by atoms with Gasteiger partial charge in [-0.3, -0.25) is 10.00 Å². The van der Waals surface area contributed by atoms with E-state index in [4.69, 9.17) is 4.74 Å². The molecular formula is C23H27N7O3S2. The monoisotopic (exact) mass is 513 g/mol. The SMILES string of the molecule is CS(=O)(=O)N1CCN(CC2CN(c3ncnc4ccsc34)CC(c3cccc4[nH]ncc34)O2)CC1. The fourth-order valence-corrected chi connectivity index (χ4v) is 6.78. The van der Waals surface area contributed by atoms with Crippen molar-refractivity contribution in [2.75, 3.05) is 57.0 Å². The summed E-state index contributed by atoms with van der Waals surface area (Å²) in [6.45, 7) is 4.50. The largest absolute Gasteiger partial charge is 0.365 e. The normalized spacial score (nSPS) is 22.8. The van der Waals surface area contributed by atoms with Crippen molar-refractivity contribution in [3.63, 3.8) is 0 Å². The van der Waals surface area contributed by atoms with E-state index in [2.05, 4.69) is 36.0 Å². The van der Waals surface area contributed by atoms with Crippen LogP contribution in [0.2, 0.25) is 0 Å². The second-order valence-corrected chi connectivity index (χ2v) is 12.0. The van der Waals surface area contributed by atoms with Crippen molar-refractivity contribution in [1.82, 2.24) is 29.4 Å². The number of anilines is 1. The van der Waals surface area contributed by atoms with Crippen molar-refractivity contribution in [2.24, 2.45) is 0 Å². The molecule has 1 N–H and O–H groups in total. The summed E-state index contributed by atoms with van der Waals surface area (Å²) in [5, 5.41) is 10.4. The summed E-state index contributed by atoms with van der Waals surface area (Å²) in [4.78, 5) is 13.7. The number of sulfonamides is 1. The van der Waals surface area contributed by atoms with E-state index in [0.717, 1.165) is 39.0 Å². The number of aromatic nitrogens is 4. The predicted molar refractivity (Wildman–Crippen MR) is 136 cm³/mol. The van der Waals surface area contributed by atoms with Crippen molar-refractivity contribution in [3.05, 3.63) is 47.7 Å². The molecule has 0 saturated carbocycles. The molecule has 6 rings (SSSR count). The van der Waals surface area contributed by atoms with E-state index < -0.39 is 10.0 Å². The van der Waals surface area contributed by atoms with E-state index in [-0.39, 0.29) is 12.2 Å². The number of fused-ring (bicyclic) bond motifs is 2. The van der Waals surface area contributed by atoms with Gasteiger partial charge in [0.15, 0.2) is 0 Å². The van der Waals surface area contributed by atoms with E-state index in [9.17, 15) is 8.42 Å². The van der Waals surface area contributed by atoms with Gasteiger partial charge in [-0.15, -0.1) is 11.3 Å². The van der Waals surface area contributed by atoms with Crippen LogP contribution in [0.25, 0.3) is 21.1 Å². The number of hydrogen-bond donors (Lipinski definition) is 1. The molecule has 184 valence electrons. The molecule has 2 unspecified atom stereocenters. The van der Waals surface area contributed by atoms with Gasteiger partial charge in [-0.2, -0.15) is 9.40 Å². The molecule has 1 aromatic carbocycles. The van der Waals surface area contributed by atoms with E-state index in [0.29, 0.717) is 39.3 Å². The van der Waals surface area contributed by atoms with Crippen molar-refractivity contribution in [1.29, 1.82) is 0 Å². The third-order valence-corrected chi connectivity index (χ3v) is 9.02. The average molecular weight is 514 g/mol. The summed E-state index contributed by atoms with van der Waals surface area (Å²) < 4.78 is 33.1. The number of nitrogens with zero attached hydrogens (tertiary/aromatic N) is 6. The standard InChI is InChI=1S/C23H27N7O3S2/c1-35(31,32)30-8-6-28(7-9-30)12-16-13-29(23-22-20(5-10-34-22)24-15-25-23)14-21(33-16)17-3-2-4-19-18(17)11-26-27-19/h2-5,10-11,15-16,21H,6-9,12-14H2,1H3,(H,26,27). The number of thiophene rings is 1. The van der Waals surface area contributed by atoms with Crippen molar-refractivity contribution in [2.45, 2.75) is 12.2 Å². The van der Waals surface area contributed by atoms with Crippen LogP contribution in [0, 0.1) is 0 Å². The van der Waals surface area contributed by atoms with Crippen LogP contribution < -0.4 is 4.90 Å². The highest BCUT2D eigenvalue weighted by Gasteiger charge is 2.34. The number of piperazine rings is 1. The van der Waals surface area contributed by atoms with Gasteiger partial charge in [0.25, 0.3) is 0 Å². The minimum absolute atomic E-state index is 0.0642. The molecule has 2 saturated heterocycles. The number of morpholine rings is 1. The first-order valence-corrected chi connectivity index (χ1v) is 14.4. The van der Waals surface area contributed by atoms with Gasteiger partial charge >= 0.3 is 0 Å². The molecule has 0 spiro atoms. The number of H-pyrrole nitrogens is 1. The Hall–Kier alpha value is -2.64. The summed E-state index contributed by atoms with van der Waals surface area (Å²) in [6, 6.07) is 8.17. The molecule has 2 aliphatic heterocycles. The maximum Gasteiger partial charge on any atom is 0.211 e. The van der Waals surface area contributed by atoms with Gasteiger partial charge in [0.2, 0.25) is 10.0 Å². The Kier molecular flexibility index (Phi) is 5.93. The first-order valence-electron chi connectivity index (χ1n) is 11.6. The van der Waals surface area contributed by atoms with Crippen LogP contribution >= 0.6 is 11.3 Å². The number of benzene rings is 1. The molecule has 4 aromatic rings. The molecule has 10 nitrogen and oxygen atoms in total. The number of ether oxygens (including phenoxy) is 1. The number of aromatic amines is 1. The van der Waals surface area contributed by atoms with Crippen LogP contribution in [-0.2, 0) is 14.8 Å². The third kappa shape index (κ3) is 4.52. The highest BCUT2D eigenvalue weighted by Crippen LogP contribution is 2.35. The zero-order valence-electron chi connectivity index (χ0n) is 19.4. The summed E-state index contributed by atoms with van der Waals surface area (Å²) in [6.07, 6.45) is 4.54. The second-order valence-electron chi connectivity index (χ2n) is 9.13. The summed E-state index contributed by atoms with van der Waals surface area (Å²) in [7, 11) is -3.16. The van der Waals surface area contributed by atoms with Crippen LogP contribution in [-0.4, -0.2) is 96.0 Å². The Morgan fingerprint density at radius 2 is 2.00 bits per heavy atom. The maximum absolute atomic E-state index is 11.9. The molecule has 5 heterocycles. The molecule has 12 heteroatoms. The predicted octanol–water partition coefficient (Wildman–Crippen LogP) is 2.09. The lowest BCUT2D eigenvalue weighted by Gasteiger charge is -2.42. The molecule has 35 heavy (non-hydrogen) atoms. The van der Waals surface area contributed by atoms with Crippen LogP contribution in [0.1, 0.15) is 11.7 Å². The molecule has 2 aliphatic rings. The van der Waals surface area contributed by atoms with E-state index in [1.54, 1.807) is 22.0 Å². The van der Waals surface area contributed by atoms with Crippen LogP contribution in [0.5, 0.6) is 0 Å². The van der Waals surface area contributed by atoms with Gasteiger partial charge in [0.1, 0.15) is 18.2 Å². The lowest BCUT2D eigenvalue weighted by Crippen LogP contribution is -2.54. The van der Waals surface area contributed by atoms with E-state index >= 15 is 0 Å². The van der Waals surface area contributed by atoms with Crippen LogP contribution in [0.4, 0.5) is 5.82 Å². The topological polar surface area (TPSA) is 108 Å². The fraction of sp³-hybridized carbons (Fsp3) is 0.435. The number of hydrogen-bond acceptors (Lipinski definition) is 9. The van der Waals surface area contributed by atoms with E-state index in [1.807, 2.05) is 29.8 Å². The molecule has 0 radical (unpaired) electrons. The summed E-state index contributed by atoms with van der Waals surface area (Å²) in [5.41, 5.74) is 3.04. The summed E-state index contributed by atoms with van der Waals surface area (Å²) in [5.74, 6) is 0.935. The minimum atomic E-state index is -3.16. The van der Waals surface area contributed by atoms with Gasteiger partial charge in [-0.25, -0.2) is 18.4 Å². The fourth-order valence-electron chi connectivity index (χ4n) is 5.09. The lowest BCUT2D eigenvalue weighted by atomic mass is 10.0. The molecule has 2 atom stereocenters. The quantitative estimate of drug-likeness (QED) is 0.432. The van der Waals surface area contributed by atoms with Crippen LogP contribution in [0.15, 0.2) is 42.2 Å². The Bertz CT molecular complexity index is 1360. The molecule has 0 amide bonds. The smallest absolute Gasteiger partial charge is 0.211 e. The second kappa shape index (κ2) is 9.10. The van der Waals surface area contributed by atoms with Crippen molar-refractivity contribution >= 4 is 48.3 Å². The first kappa shape index (κ1) is 22.8. The van der Waals surface area contributed by atoms with Gasteiger partial charge in [0.05, 0.1) is 34.3 Å². The minimum Gasteiger partial charge on any atom is -0.365 e. The van der Waals surface area contributed by atoms with Gasteiger partial charge in [-0.1, -0.05) is 12.1 Å². The highest BCUT2D eigenvalue weighted by molar-refractivity contribution is 7.88. The number of rotatable bonds is 5. The average Bonchev–Trinajstić information content (AvgIpc) is 3.53. The Balaban J connectivity index is 1.28. The van der Waals surface area contributed by atoms with Gasteiger partial charge in [0, 0.05) is 51.2 Å². The zero-order valence-corrected chi connectivity index (χ0v) is 21.0. The first-order chi connectivity index (χ1) is 17.0. The van der Waals surface area contributed by atoms with Gasteiger partial charge < -0.3 is 9.64 Å². The molecule has 3 aromatic heterocycles. The summed E-state index contributed by atoms with van der Waals surface area (Å²) >= 11 is 1.65. The third-order valence-electron chi connectivity index (χ3n) is 6.82. The van der Waals surface area contributed by atoms with Crippen molar-refractivity contribution < 1.29 is 13.2 Å². The molecule has 0 aliphatic carbocycles. The lowest BCUT2D eigenvalue weighted by molar-refractivity contribution is -0.0451. The van der Waals surface area contributed by atoms with Gasteiger partial charge in [-0.05, 0) is 23.1 Å². The molecule has 0 bridgehead atoms. The Morgan fingerprint density at radius 3 is 2.83 bits per heavy atom. The molecule has 2 fully saturated rings. The number of nitrogens with one attached hydrogen (secondary N) is 1. The highest BCUT2D eigenvalue weighted by atomic mass is 32.2. The van der Waals surface area contributed by atoms with Crippen molar-refractivity contribution in [3.8, 4) is 0 Å². The molecular weight excluding hydrogens is 486 g/mol. The van der Waals surface area contributed by atoms with E-state index in [1.165, 1.54) is 6.26 Å². The van der Waals surface area contributed by atoms with Crippen LogP contribution in [0.3, 0.4) is 0 Å².